The predicted molar refractivity (Wildman–Crippen MR) is 94.5 cm³/mol. The van der Waals surface area contributed by atoms with E-state index in [1.54, 1.807) is 9.58 Å². The van der Waals surface area contributed by atoms with E-state index < -0.39 is 6.04 Å². The van der Waals surface area contributed by atoms with Crippen molar-refractivity contribution in [2.45, 2.75) is 38.8 Å². The number of aryl methyl sites for hydroxylation is 2. The fourth-order valence-corrected chi connectivity index (χ4v) is 3.31. The van der Waals surface area contributed by atoms with Crippen molar-refractivity contribution in [2.75, 3.05) is 6.54 Å². The monoisotopic (exact) mass is 340 g/mol. The smallest absolute Gasteiger partial charge is 0.247 e. The van der Waals surface area contributed by atoms with Gasteiger partial charge in [0.25, 0.3) is 0 Å². The first-order chi connectivity index (χ1) is 12.1. The quantitative estimate of drug-likeness (QED) is 0.906. The van der Waals surface area contributed by atoms with Gasteiger partial charge in [-0.1, -0.05) is 30.3 Å². The van der Waals surface area contributed by atoms with E-state index in [2.05, 4.69) is 10.4 Å². The first kappa shape index (κ1) is 17.2. The van der Waals surface area contributed by atoms with Crippen LogP contribution in [-0.4, -0.2) is 33.0 Å². The number of rotatable bonds is 5. The van der Waals surface area contributed by atoms with Crippen LogP contribution in [0.1, 0.15) is 42.3 Å². The minimum Gasteiger partial charge on any atom is -0.348 e. The number of likely N-dealkylation sites (tertiary alicyclic amines) is 1. The molecule has 1 aliphatic heterocycles. The molecule has 1 N–H and O–H groups in total. The van der Waals surface area contributed by atoms with Crippen molar-refractivity contribution >= 4 is 11.8 Å². The van der Waals surface area contributed by atoms with Gasteiger partial charge in [0.2, 0.25) is 11.8 Å². The van der Waals surface area contributed by atoms with Gasteiger partial charge in [-0.3, -0.25) is 14.3 Å². The lowest BCUT2D eigenvalue weighted by Gasteiger charge is -2.34. The van der Waals surface area contributed by atoms with E-state index in [1.165, 1.54) is 0 Å². The van der Waals surface area contributed by atoms with Crippen molar-refractivity contribution in [3.05, 3.63) is 53.3 Å². The molecule has 1 aliphatic rings. The predicted octanol–water partition coefficient (Wildman–Crippen LogP) is 2.10. The van der Waals surface area contributed by atoms with Crippen LogP contribution < -0.4 is 5.32 Å². The second kappa shape index (κ2) is 7.51. The number of hydrogen-bond acceptors (Lipinski definition) is 3. The van der Waals surface area contributed by atoms with Crippen LogP contribution in [0, 0.1) is 6.92 Å². The summed E-state index contributed by atoms with van der Waals surface area (Å²) in [5.74, 6) is -0.105. The molecule has 0 aliphatic carbocycles. The zero-order valence-electron chi connectivity index (χ0n) is 14.7. The van der Waals surface area contributed by atoms with E-state index in [0.717, 1.165) is 29.8 Å². The van der Waals surface area contributed by atoms with Gasteiger partial charge < -0.3 is 10.2 Å². The van der Waals surface area contributed by atoms with Gasteiger partial charge in [0.1, 0.15) is 6.04 Å². The molecule has 1 saturated heterocycles. The number of amides is 2. The number of piperidine rings is 1. The first-order valence-corrected chi connectivity index (χ1v) is 8.68. The fourth-order valence-electron chi connectivity index (χ4n) is 3.31. The molecule has 2 heterocycles. The lowest BCUT2D eigenvalue weighted by Crippen LogP contribution is -2.45. The molecule has 6 heteroatoms. The third kappa shape index (κ3) is 3.90. The highest BCUT2D eigenvalue weighted by atomic mass is 16.2. The second-order valence-corrected chi connectivity index (χ2v) is 6.48. The first-order valence-electron chi connectivity index (χ1n) is 8.68. The molecule has 2 amide bonds. The molecule has 0 spiro atoms. The SMILES string of the molecule is Cc1cc(CNC(=O)C(c2ccccc2)N2CCCCC2=O)n(C)n1. The molecule has 1 aromatic carbocycles. The summed E-state index contributed by atoms with van der Waals surface area (Å²) in [5, 5.41) is 7.27. The van der Waals surface area contributed by atoms with Crippen LogP contribution in [0.25, 0.3) is 0 Å². The van der Waals surface area contributed by atoms with E-state index in [-0.39, 0.29) is 11.8 Å². The van der Waals surface area contributed by atoms with E-state index in [1.807, 2.05) is 50.4 Å². The minimum absolute atomic E-state index is 0.0478. The molecule has 1 atom stereocenters. The van der Waals surface area contributed by atoms with Gasteiger partial charge in [0.05, 0.1) is 17.9 Å². The lowest BCUT2D eigenvalue weighted by atomic mass is 10.0. The van der Waals surface area contributed by atoms with Crippen molar-refractivity contribution in [3.8, 4) is 0 Å². The Morgan fingerprint density at radius 3 is 2.68 bits per heavy atom. The van der Waals surface area contributed by atoms with Crippen LogP contribution in [0.5, 0.6) is 0 Å². The van der Waals surface area contributed by atoms with Gasteiger partial charge in [-0.05, 0) is 31.4 Å². The van der Waals surface area contributed by atoms with E-state index in [4.69, 9.17) is 0 Å². The van der Waals surface area contributed by atoms with Crippen LogP contribution in [0.15, 0.2) is 36.4 Å². The molecule has 3 rings (SSSR count). The Bertz CT molecular complexity index is 754. The normalized spacial score (nSPS) is 15.9. The summed E-state index contributed by atoms with van der Waals surface area (Å²) in [6.07, 6.45) is 2.34. The zero-order valence-corrected chi connectivity index (χ0v) is 14.7. The Hall–Kier alpha value is -2.63. The molecular formula is C19H24N4O2. The van der Waals surface area contributed by atoms with Crippen molar-refractivity contribution < 1.29 is 9.59 Å². The summed E-state index contributed by atoms with van der Waals surface area (Å²) < 4.78 is 1.76. The minimum atomic E-state index is -0.580. The van der Waals surface area contributed by atoms with Gasteiger partial charge in [0.15, 0.2) is 0 Å². The molecule has 1 aromatic heterocycles. The maximum absolute atomic E-state index is 12.9. The number of carbonyl (C=O) groups excluding carboxylic acids is 2. The zero-order chi connectivity index (χ0) is 17.8. The Balaban J connectivity index is 1.79. The fraction of sp³-hybridized carbons (Fsp3) is 0.421. The number of carbonyl (C=O) groups is 2. The summed E-state index contributed by atoms with van der Waals surface area (Å²) >= 11 is 0. The third-order valence-corrected chi connectivity index (χ3v) is 4.58. The summed E-state index contributed by atoms with van der Waals surface area (Å²) in [6, 6.07) is 10.9. The Morgan fingerprint density at radius 1 is 1.28 bits per heavy atom. The number of hydrogen-bond donors (Lipinski definition) is 1. The molecule has 132 valence electrons. The molecule has 1 fully saturated rings. The summed E-state index contributed by atoms with van der Waals surface area (Å²) in [6.45, 7) is 2.93. The van der Waals surface area contributed by atoms with Crippen LogP contribution in [0.2, 0.25) is 0 Å². The van der Waals surface area contributed by atoms with Gasteiger partial charge in [0, 0.05) is 20.0 Å². The maximum Gasteiger partial charge on any atom is 0.247 e. The standard InChI is InChI=1S/C19H24N4O2/c1-14-12-16(22(2)21-14)13-20-19(25)18(15-8-4-3-5-9-15)23-11-7-6-10-17(23)24/h3-5,8-9,12,18H,6-7,10-11,13H2,1-2H3,(H,20,25). The van der Waals surface area contributed by atoms with E-state index >= 15 is 0 Å². The van der Waals surface area contributed by atoms with Crippen LogP contribution in [0.4, 0.5) is 0 Å². The van der Waals surface area contributed by atoms with Crippen LogP contribution in [-0.2, 0) is 23.2 Å². The molecule has 1 unspecified atom stereocenters. The van der Waals surface area contributed by atoms with Gasteiger partial charge in [-0.25, -0.2) is 0 Å². The molecule has 6 nitrogen and oxygen atoms in total. The Morgan fingerprint density at radius 2 is 2.04 bits per heavy atom. The van der Waals surface area contributed by atoms with Crippen molar-refractivity contribution in [3.63, 3.8) is 0 Å². The van der Waals surface area contributed by atoms with Crippen molar-refractivity contribution in [1.82, 2.24) is 20.0 Å². The second-order valence-electron chi connectivity index (χ2n) is 6.48. The highest BCUT2D eigenvalue weighted by Crippen LogP contribution is 2.25. The average Bonchev–Trinajstić information content (AvgIpc) is 2.93. The van der Waals surface area contributed by atoms with Crippen molar-refractivity contribution in [2.24, 2.45) is 7.05 Å². The Kier molecular flexibility index (Phi) is 5.16. The number of benzene rings is 1. The summed E-state index contributed by atoms with van der Waals surface area (Å²) in [4.78, 5) is 27.0. The molecule has 2 aromatic rings. The van der Waals surface area contributed by atoms with Gasteiger partial charge >= 0.3 is 0 Å². The third-order valence-electron chi connectivity index (χ3n) is 4.58. The number of nitrogens with zero attached hydrogens (tertiary/aromatic N) is 3. The lowest BCUT2D eigenvalue weighted by molar-refractivity contribution is -0.142. The molecule has 25 heavy (non-hydrogen) atoms. The summed E-state index contributed by atoms with van der Waals surface area (Å²) in [5.41, 5.74) is 2.69. The molecule has 0 saturated carbocycles. The maximum atomic E-state index is 12.9. The van der Waals surface area contributed by atoms with Gasteiger partial charge in [-0.2, -0.15) is 5.10 Å². The molecular weight excluding hydrogens is 316 g/mol. The van der Waals surface area contributed by atoms with E-state index in [0.29, 0.717) is 19.5 Å². The van der Waals surface area contributed by atoms with Crippen LogP contribution >= 0.6 is 0 Å². The van der Waals surface area contributed by atoms with Crippen LogP contribution in [0.3, 0.4) is 0 Å². The topological polar surface area (TPSA) is 67.2 Å². The number of nitrogens with one attached hydrogen (secondary N) is 1. The number of aromatic nitrogens is 2. The Labute approximate surface area is 147 Å². The highest BCUT2D eigenvalue weighted by Gasteiger charge is 2.32. The molecule has 0 radical (unpaired) electrons. The largest absolute Gasteiger partial charge is 0.348 e. The van der Waals surface area contributed by atoms with Crippen molar-refractivity contribution in [1.29, 1.82) is 0 Å². The highest BCUT2D eigenvalue weighted by molar-refractivity contribution is 5.89. The average molecular weight is 340 g/mol. The van der Waals surface area contributed by atoms with E-state index in [9.17, 15) is 9.59 Å². The summed E-state index contributed by atoms with van der Waals surface area (Å²) in [7, 11) is 1.86. The molecule has 0 bridgehead atoms. The van der Waals surface area contributed by atoms with Gasteiger partial charge in [-0.15, -0.1) is 0 Å².